The van der Waals surface area contributed by atoms with Gasteiger partial charge in [0, 0.05) is 31.8 Å². The predicted octanol–water partition coefficient (Wildman–Crippen LogP) is 1.71. The summed E-state index contributed by atoms with van der Waals surface area (Å²) in [5, 5.41) is 3.06. The average molecular weight is 222 g/mol. The maximum atomic E-state index is 4.44. The van der Waals surface area contributed by atoms with E-state index in [4.69, 9.17) is 0 Å². The van der Waals surface area contributed by atoms with Crippen LogP contribution < -0.4 is 5.32 Å². The Morgan fingerprint density at radius 3 is 2.50 bits per heavy atom. The number of rotatable bonds is 6. The Hall–Kier alpha value is -1.16. The van der Waals surface area contributed by atoms with Crippen molar-refractivity contribution in [3.63, 3.8) is 0 Å². The number of hydrogen-bond acceptors (Lipinski definition) is 4. The molecule has 4 nitrogen and oxygen atoms in total. The van der Waals surface area contributed by atoms with Crippen LogP contribution in [0.4, 0.5) is 5.82 Å². The molecule has 0 atom stereocenters. The Bertz CT molecular complexity index is 321. The third-order valence-corrected chi connectivity index (χ3v) is 2.70. The van der Waals surface area contributed by atoms with E-state index < -0.39 is 0 Å². The molecule has 0 bridgehead atoms. The second-order valence-corrected chi connectivity index (χ2v) is 3.84. The topological polar surface area (TPSA) is 41.1 Å². The van der Waals surface area contributed by atoms with Gasteiger partial charge < -0.3 is 10.2 Å². The van der Waals surface area contributed by atoms with E-state index in [2.05, 4.69) is 34.0 Å². The molecule has 0 amide bonds. The van der Waals surface area contributed by atoms with E-state index in [1.165, 1.54) is 0 Å². The first-order valence-corrected chi connectivity index (χ1v) is 5.94. The third-order valence-electron chi connectivity index (χ3n) is 2.70. The standard InChI is InChI=1S/C12H22N4/c1-5-16(6-2)8-7-11-14-10(3)9-12(13-4)15-11/h9H,5-8H2,1-4H3,(H,13,14,15). The van der Waals surface area contributed by atoms with Crippen molar-refractivity contribution >= 4 is 5.82 Å². The molecule has 1 aromatic heterocycles. The van der Waals surface area contributed by atoms with Gasteiger partial charge in [0.15, 0.2) is 0 Å². The lowest BCUT2D eigenvalue weighted by Gasteiger charge is -2.17. The number of nitrogens with one attached hydrogen (secondary N) is 1. The predicted molar refractivity (Wildman–Crippen MR) is 67.8 cm³/mol. The van der Waals surface area contributed by atoms with Crippen molar-refractivity contribution in [2.75, 3.05) is 32.0 Å². The molecule has 1 heterocycles. The molecular formula is C12H22N4. The van der Waals surface area contributed by atoms with Crippen molar-refractivity contribution in [2.45, 2.75) is 27.2 Å². The highest BCUT2D eigenvalue weighted by molar-refractivity contribution is 5.34. The highest BCUT2D eigenvalue weighted by Gasteiger charge is 2.04. The minimum Gasteiger partial charge on any atom is -0.373 e. The van der Waals surface area contributed by atoms with Gasteiger partial charge in [0.1, 0.15) is 11.6 Å². The number of likely N-dealkylation sites (N-methyl/N-ethyl adjacent to an activating group) is 1. The van der Waals surface area contributed by atoms with Gasteiger partial charge in [-0.3, -0.25) is 0 Å². The minimum atomic E-state index is 0.905. The summed E-state index contributed by atoms with van der Waals surface area (Å²) in [5.74, 6) is 1.83. The summed E-state index contributed by atoms with van der Waals surface area (Å²) in [5.41, 5.74) is 1.02. The number of nitrogens with zero attached hydrogens (tertiary/aromatic N) is 3. The van der Waals surface area contributed by atoms with Crippen molar-refractivity contribution in [1.82, 2.24) is 14.9 Å². The Morgan fingerprint density at radius 2 is 1.94 bits per heavy atom. The smallest absolute Gasteiger partial charge is 0.132 e. The van der Waals surface area contributed by atoms with Crippen molar-refractivity contribution in [3.05, 3.63) is 17.6 Å². The SMILES string of the molecule is CCN(CC)CCc1nc(C)cc(NC)n1. The molecule has 1 rings (SSSR count). The van der Waals surface area contributed by atoms with Crippen LogP contribution >= 0.6 is 0 Å². The third kappa shape index (κ3) is 3.77. The molecule has 4 heteroatoms. The molecule has 0 spiro atoms. The fourth-order valence-electron chi connectivity index (χ4n) is 1.67. The lowest BCUT2D eigenvalue weighted by atomic mass is 10.3. The quantitative estimate of drug-likeness (QED) is 0.795. The van der Waals surface area contributed by atoms with E-state index in [1.807, 2.05) is 20.0 Å². The fourth-order valence-corrected chi connectivity index (χ4v) is 1.67. The van der Waals surface area contributed by atoms with Crippen LogP contribution in [0.5, 0.6) is 0 Å². The first-order chi connectivity index (χ1) is 7.69. The van der Waals surface area contributed by atoms with Crippen molar-refractivity contribution in [2.24, 2.45) is 0 Å². The zero-order chi connectivity index (χ0) is 12.0. The van der Waals surface area contributed by atoms with Gasteiger partial charge in [0.05, 0.1) is 0 Å². The first kappa shape index (κ1) is 12.9. The minimum absolute atomic E-state index is 0.905. The van der Waals surface area contributed by atoms with Gasteiger partial charge in [-0.15, -0.1) is 0 Å². The van der Waals surface area contributed by atoms with Crippen LogP contribution in [0.25, 0.3) is 0 Å². The summed E-state index contributed by atoms with van der Waals surface area (Å²) in [6.45, 7) is 9.56. The number of hydrogen-bond donors (Lipinski definition) is 1. The molecule has 0 aromatic carbocycles. The van der Waals surface area contributed by atoms with Crippen LogP contribution in [-0.2, 0) is 6.42 Å². The molecule has 1 N–H and O–H groups in total. The van der Waals surface area contributed by atoms with E-state index in [0.717, 1.165) is 43.4 Å². The van der Waals surface area contributed by atoms with Gasteiger partial charge >= 0.3 is 0 Å². The Kier molecular flexibility index (Phi) is 5.19. The van der Waals surface area contributed by atoms with Crippen molar-refractivity contribution in [1.29, 1.82) is 0 Å². The Morgan fingerprint density at radius 1 is 1.25 bits per heavy atom. The number of aromatic nitrogens is 2. The molecule has 0 fully saturated rings. The number of aryl methyl sites for hydroxylation is 1. The second kappa shape index (κ2) is 6.43. The van der Waals surface area contributed by atoms with Crippen molar-refractivity contribution in [3.8, 4) is 0 Å². The molecule has 0 saturated carbocycles. The molecular weight excluding hydrogens is 200 g/mol. The molecule has 90 valence electrons. The molecule has 1 aromatic rings. The van der Waals surface area contributed by atoms with Crippen LogP contribution in [0.2, 0.25) is 0 Å². The van der Waals surface area contributed by atoms with Gasteiger partial charge in [0.2, 0.25) is 0 Å². The normalized spacial score (nSPS) is 10.8. The van der Waals surface area contributed by atoms with Crippen LogP contribution in [-0.4, -0.2) is 41.5 Å². The molecule has 0 aliphatic carbocycles. The van der Waals surface area contributed by atoms with Gasteiger partial charge in [-0.05, 0) is 20.0 Å². The number of anilines is 1. The molecule has 0 aliphatic rings. The maximum Gasteiger partial charge on any atom is 0.132 e. The molecule has 16 heavy (non-hydrogen) atoms. The fraction of sp³-hybridized carbons (Fsp3) is 0.667. The Balaban J connectivity index is 2.62. The second-order valence-electron chi connectivity index (χ2n) is 3.84. The first-order valence-electron chi connectivity index (χ1n) is 5.94. The summed E-state index contributed by atoms with van der Waals surface area (Å²) in [7, 11) is 1.88. The van der Waals surface area contributed by atoms with E-state index in [9.17, 15) is 0 Å². The summed E-state index contributed by atoms with van der Waals surface area (Å²) in [4.78, 5) is 11.3. The van der Waals surface area contributed by atoms with Gasteiger partial charge in [-0.2, -0.15) is 0 Å². The highest BCUT2D eigenvalue weighted by atomic mass is 15.1. The molecule has 0 radical (unpaired) electrons. The van der Waals surface area contributed by atoms with Crippen molar-refractivity contribution < 1.29 is 0 Å². The van der Waals surface area contributed by atoms with E-state index in [1.54, 1.807) is 0 Å². The molecule has 0 saturated heterocycles. The summed E-state index contributed by atoms with van der Waals surface area (Å²) in [6.07, 6.45) is 0.915. The highest BCUT2D eigenvalue weighted by Crippen LogP contribution is 2.06. The van der Waals surface area contributed by atoms with E-state index in [0.29, 0.717) is 0 Å². The zero-order valence-electron chi connectivity index (χ0n) is 10.7. The summed E-state index contributed by atoms with van der Waals surface area (Å²) in [6, 6.07) is 1.96. The van der Waals surface area contributed by atoms with Crippen LogP contribution in [0.1, 0.15) is 25.4 Å². The average Bonchev–Trinajstić information content (AvgIpc) is 2.29. The molecule has 0 unspecified atom stereocenters. The summed E-state index contributed by atoms with van der Waals surface area (Å²) >= 11 is 0. The van der Waals surface area contributed by atoms with E-state index in [-0.39, 0.29) is 0 Å². The monoisotopic (exact) mass is 222 g/mol. The maximum absolute atomic E-state index is 4.44. The van der Waals surface area contributed by atoms with Crippen LogP contribution in [0.3, 0.4) is 0 Å². The lowest BCUT2D eigenvalue weighted by Crippen LogP contribution is -2.26. The van der Waals surface area contributed by atoms with Crippen LogP contribution in [0.15, 0.2) is 6.07 Å². The van der Waals surface area contributed by atoms with Gasteiger partial charge in [-0.25, -0.2) is 9.97 Å². The van der Waals surface area contributed by atoms with Gasteiger partial charge in [0.25, 0.3) is 0 Å². The van der Waals surface area contributed by atoms with Gasteiger partial charge in [-0.1, -0.05) is 13.8 Å². The summed E-state index contributed by atoms with van der Waals surface area (Å²) < 4.78 is 0. The van der Waals surface area contributed by atoms with E-state index >= 15 is 0 Å². The lowest BCUT2D eigenvalue weighted by molar-refractivity contribution is 0.305. The van der Waals surface area contributed by atoms with Crippen LogP contribution in [0, 0.1) is 6.92 Å². The Labute approximate surface area is 98.1 Å². The molecule has 0 aliphatic heterocycles. The zero-order valence-corrected chi connectivity index (χ0v) is 10.7. The largest absolute Gasteiger partial charge is 0.373 e.